The van der Waals surface area contributed by atoms with E-state index in [2.05, 4.69) is 5.32 Å². The van der Waals surface area contributed by atoms with Crippen LogP contribution in [0.1, 0.15) is 24.8 Å². The average Bonchev–Trinajstić information content (AvgIpc) is 3.60. The lowest BCUT2D eigenvalue weighted by molar-refractivity contribution is -0.160. The molecule has 2 aliphatic carbocycles. The van der Waals surface area contributed by atoms with E-state index < -0.39 is 24.5 Å². The van der Waals surface area contributed by atoms with Gasteiger partial charge >= 0.3 is 5.97 Å². The standard InChI is InChI=1S/C28H30N2O7/c1-35-19-10-11-20(22(14-19)36-2)29-23(31)15-37-28(34)21(12-16-6-4-3-5-7-16)30-26(32)24-17-8-9-18(13-17)25(24)27(30)33/h3-7,10-11,14,17-18,21,24-25H,8-9,12-13,15H2,1-2H3,(H,29,31)/t17-,18-,21-,24-,25+/m0/s1. The number of imide groups is 1. The molecule has 2 aromatic carbocycles. The minimum absolute atomic E-state index is 0.125. The number of carbonyl (C=O) groups is 4. The van der Waals surface area contributed by atoms with Gasteiger partial charge in [0.2, 0.25) is 11.8 Å². The number of ether oxygens (including phenoxy) is 3. The summed E-state index contributed by atoms with van der Waals surface area (Å²) < 4.78 is 15.8. The van der Waals surface area contributed by atoms with Crippen LogP contribution in [0.3, 0.4) is 0 Å². The van der Waals surface area contributed by atoms with Crippen molar-refractivity contribution in [1.82, 2.24) is 4.90 Å². The fraction of sp³-hybridized carbons (Fsp3) is 0.429. The second-order valence-electron chi connectivity index (χ2n) is 9.86. The van der Waals surface area contributed by atoms with Crippen molar-refractivity contribution >= 4 is 29.4 Å². The molecule has 9 heteroatoms. The first-order valence-corrected chi connectivity index (χ1v) is 12.5. The topological polar surface area (TPSA) is 111 Å². The molecule has 1 heterocycles. The molecule has 3 aliphatic rings. The summed E-state index contributed by atoms with van der Waals surface area (Å²) in [6, 6.07) is 12.9. The number of anilines is 1. The number of likely N-dealkylation sites (tertiary alicyclic amines) is 1. The second kappa shape index (κ2) is 10.2. The van der Waals surface area contributed by atoms with Crippen LogP contribution in [-0.4, -0.2) is 55.5 Å². The van der Waals surface area contributed by atoms with Crippen molar-refractivity contribution in [1.29, 1.82) is 0 Å². The van der Waals surface area contributed by atoms with Gasteiger partial charge in [0.15, 0.2) is 6.61 Å². The summed E-state index contributed by atoms with van der Waals surface area (Å²) >= 11 is 0. The van der Waals surface area contributed by atoms with Crippen molar-refractivity contribution in [2.24, 2.45) is 23.7 Å². The summed E-state index contributed by atoms with van der Waals surface area (Å²) in [4.78, 5) is 53.9. The zero-order chi connectivity index (χ0) is 26.1. The van der Waals surface area contributed by atoms with E-state index in [1.54, 1.807) is 18.2 Å². The summed E-state index contributed by atoms with van der Waals surface area (Å²) in [5.41, 5.74) is 1.18. The second-order valence-corrected chi connectivity index (χ2v) is 9.86. The number of amides is 3. The minimum atomic E-state index is -1.13. The first-order chi connectivity index (χ1) is 17.9. The smallest absolute Gasteiger partial charge is 0.330 e. The van der Waals surface area contributed by atoms with Crippen LogP contribution in [-0.2, 0) is 30.3 Å². The SMILES string of the molecule is COc1ccc(NC(=O)COC(=O)[C@H](Cc2ccccc2)N2C(=O)[C@@H]3[C@H]4CC[C@@H](C4)[C@@H]3C2=O)c(OC)c1. The third-order valence-corrected chi connectivity index (χ3v) is 7.85. The molecule has 9 nitrogen and oxygen atoms in total. The number of esters is 1. The molecule has 3 fully saturated rings. The van der Waals surface area contributed by atoms with E-state index in [9.17, 15) is 19.2 Å². The monoisotopic (exact) mass is 506 g/mol. The molecular weight excluding hydrogens is 476 g/mol. The maximum atomic E-state index is 13.4. The molecule has 1 saturated heterocycles. The summed E-state index contributed by atoms with van der Waals surface area (Å²) in [5, 5.41) is 2.65. The molecule has 0 unspecified atom stereocenters. The van der Waals surface area contributed by atoms with Gasteiger partial charge in [0.25, 0.3) is 5.91 Å². The zero-order valence-corrected chi connectivity index (χ0v) is 20.8. The molecule has 194 valence electrons. The van der Waals surface area contributed by atoms with E-state index in [-0.39, 0.29) is 41.9 Å². The van der Waals surface area contributed by atoms with E-state index in [0.29, 0.717) is 17.2 Å². The van der Waals surface area contributed by atoms with Gasteiger partial charge in [0.1, 0.15) is 17.5 Å². The van der Waals surface area contributed by atoms with Gasteiger partial charge in [-0.1, -0.05) is 30.3 Å². The molecule has 3 amide bonds. The van der Waals surface area contributed by atoms with Crippen LogP contribution >= 0.6 is 0 Å². The summed E-state index contributed by atoms with van der Waals surface area (Å²) in [5.74, 6) is -1.27. The quantitative estimate of drug-likeness (QED) is 0.411. The van der Waals surface area contributed by atoms with Crippen molar-refractivity contribution < 1.29 is 33.4 Å². The molecule has 5 atom stereocenters. The molecule has 2 aromatic rings. The van der Waals surface area contributed by atoms with Crippen LogP contribution in [0.5, 0.6) is 11.5 Å². The van der Waals surface area contributed by atoms with Crippen LogP contribution in [0.25, 0.3) is 0 Å². The van der Waals surface area contributed by atoms with Gasteiger partial charge < -0.3 is 19.5 Å². The van der Waals surface area contributed by atoms with Gasteiger partial charge in [-0.2, -0.15) is 0 Å². The van der Waals surface area contributed by atoms with Gasteiger partial charge in [0.05, 0.1) is 31.7 Å². The Morgan fingerprint density at radius 3 is 2.27 bits per heavy atom. The number of carbonyl (C=O) groups excluding carboxylic acids is 4. The van der Waals surface area contributed by atoms with Gasteiger partial charge in [-0.05, 0) is 48.8 Å². The van der Waals surface area contributed by atoms with Crippen molar-refractivity contribution in [2.75, 3.05) is 26.1 Å². The Morgan fingerprint density at radius 1 is 0.973 bits per heavy atom. The molecule has 1 aliphatic heterocycles. The number of benzene rings is 2. The lowest BCUT2D eigenvalue weighted by Crippen LogP contribution is -2.48. The normalized spacial score (nSPS) is 24.5. The first-order valence-electron chi connectivity index (χ1n) is 12.5. The molecule has 1 N–H and O–H groups in total. The Labute approximate surface area is 215 Å². The lowest BCUT2D eigenvalue weighted by Gasteiger charge is -2.26. The Hall–Kier alpha value is -3.88. The maximum absolute atomic E-state index is 13.4. The highest BCUT2D eigenvalue weighted by Crippen LogP contribution is 2.56. The van der Waals surface area contributed by atoms with Crippen molar-refractivity contribution in [3.63, 3.8) is 0 Å². The minimum Gasteiger partial charge on any atom is -0.497 e. The maximum Gasteiger partial charge on any atom is 0.330 e. The Bertz CT molecular complexity index is 1190. The highest BCUT2D eigenvalue weighted by molar-refractivity contribution is 6.08. The van der Waals surface area contributed by atoms with Crippen LogP contribution in [0.15, 0.2) is 48.5 Å². The molecule has 0 radical (unpaired) electrons. The predicted molar refractivity (Wildman–Crippen MR) is 133 cm³/mol. The van der Waals surface area contributed by atoms with Crippen LogP contribution in [0.2, 0.25) is 0 Å². The van der Waals surface area contributed by atoms with Crippen molar-refractivity contribution in [3.05, 3.63) is 54.1 Å². The highest BCUT2D eigenvalue weighted by Gasteiger charge is 2.62. The van der Waals surface area contributed by atoms with Crippen molar-refractivity contribution in [3.8, 4) is 11.5 Å². The number of nitrogens with zero attached hydrogens (tertiary/aromatic N) is 1. The molecular formula is C28H30N2O7. The van der Waals surface area contributed by atoms with E-state index in [1.807, 2.05) is 30.3 Å². The number of fused-ring (bicyclic) bond motifs is 5. The fourth-order valence-corrected chi connectivity index (χ4v) is 6.18. The van der Waals surface area contributed by atoms with Crippen LogP contribution < -0.4 is 14.8 Å². The van der Waals surface area contributed by atoms with E-state index >= 15 is 0 Å². The third-order valence-electron chi connectivity index (χ3n) is 7.85. The molecule has 0 aromatic heterocycles. The Balaban J connectivity index is 1.30. The Morgan fingerprint density at radius 2 is 1.65 bits per heavy atom. The number of hydrogen-bond acceptors (Lipinski definition) is 7. The predicted octanol–water partition coefficient (Wildman–Crippen LogP) is 2.83. The molecule has 2 saturated carbocycles. The van der Waals surface area contributed by atoms with Gasteiger partial charge in [0, 0.05) is 12.5 Å². The van der Waals surface area contributed by atoms with Crippen LogP contribution in [0, 0.1) is 23.7 Å². The summed E-state index contributed by atoms with van der Waals surface area (Å²) in [6.07, 6.45) is 2.92. The molecule has 37 heavy (non-hydrogen) atoms. The largest absolute Gasteiger partial charge is 0.497 e. The summed E-state index contributed by atoms with van der Waals surface area (Å²) in [7, 11) is 2.98. The lowest BCUT2D eigenvalue weighted by atomic mass is 9.81. The van der Waals surface area contributed by atoms with Crippen LogP contribution in [0.4, 0.5) is 5.69 Å². The number of hydrogen-bond donors (Lipinski definition) is 1. The third kappa shape index (κ3) is 4.65. The number of methoxy groups -OCH3 is 2. The van der Waals surface area contributed by atoms with Gasteiger partial charge in [-0.3, -0.25) is 19.3 Å². The zero-order valence-electron chi connectivity index (χ0n) is 20.8. The molecule has 0 spiro atoms. The summed E-state index contributed by atoms with van der Waals surface area (Å²) in [6.45, 7) is -0.576. The number of nitrogens with one attached hydrogen (secondary N) is 1. The van der Waals surface area contributed by atoms with Gasteiger partial charge in [-0.25, -0.2) is 4.79 Å². The van der Waals surface area contributed by atoms with E-state index in [1.165, 1.54) is 14.2 Å². The molecule has 5 rings (SSSR count). The first kappa shape index (κ1) is 24.8. The number of rotatable bonds is 9. The Kier molecular flexibility index (Phi) is 6.86. The van der Waals surface area contributed by atoms with Gasteiger partial charge in [-0.15, -0.1) is 0 Å². The van der Waals surface area contributed by atoms with E-state index in [0.717, 1.165) is 29.7 Å². The average molecular weight is 507 g/mol. The highest BCUT2D eigenvalue weighted by atomic mass is 16.5. The fourth-order valence-electron chi connectivity index (χ4n) is 6.18. The molecule has 2 bridgehead atoms. The van der Waals surface area contributed by atoms with E-state index in [4.69, 9.17) is 14.2 Å². The van der Waals surface area contributed by atoms with Crippen molar-refractivity contribution in [2.45, 2.75) is 31.7 Å².